The Bertz CT molecular complexity index is 42.2. The quantitative estimate of drug-likeness (QED) is 0.295. The lowest BCUT2D eigenvalue weighted by Crippen LogP contribution is -1.79. The third-order valence-electron chi connectivity index (χ3n) is 1.37. The van der Waals surface area contributed by atoms with Gasteiger partial charge < -0.3 is 0 Å². The third kappa shape index (κ3) is 8.95. The Morgan fingerprint density at radius 1 is 1.11 bits per heavy atom. The van der Waals surface area contributed by atoms with Crippen LogP contribution in [-0.2, 0) is 0 Å². The summed E-state index contributed by atoms with van der Waals surface area (Å²) in [6.45, 7) is 2.26. The van der Waals surface area contributed by atoms with Gasteiger partial charge >= 0.3 is 0 Å². The standard InChI is InChI=1S/C7H15ISi/c1-2-3-4-5-6-7-9-8/h2-7H2,1H3. The van der Waals surface area contributed by atoms with Crippen LogP contribution in [0.25, 0.3) is 0 Å². The van der Waals surface area contributed by atoms with E-state index < -0.39 is 0 Å². The monoisotopic (exact) mass is 254 g/mol. The van der Waals surface area contributed by atoms with Gasteiger partial charge in [0.2, 0.25) is 0 Å². The minimum absolute atomic E-state index is 1.14. The zero-order valence-corrected chi connectivity index (χ0v) is 9.28. The van der Waals surface area contributed by atoms with Crippen molar-refractivity contribution >= 4 is 28.8 Å². The van der Waals surface area contributed by atoms with Gasteiger partial charge in [-0.15, -0.1) is 21.8 Å². The average molecular weight is 254 g/mol. The Labute approximate surface area is 73.8 Å². The van der Waals surface area contributed by atoms with Crippen LogP contribution in [-0.4, -0.2) is 7.02 Å². The molecule has 0 heterocycles. The van der Waals surface area contributed by atoms with Crippen LogP contribution in [0.2, 0.25) is 6.04 Å². The minimum atomic E-state index is 1.14. The maximum Gasteiger partial charge on any atom is 0.130 e. The van der Waals surface area contributed by atoms with Crippen molar-refractivity contribution < 1.29 is 0 Å². The van der Waals surface area contributed by atoms with Crippen molar-refractivity contribution in [2.24, 2.45) is 0 Å². The smallest absolute Gasteiger partial charge is 0.124 e. The molecule has 0 aliphatic carbocycles. The van der Waals surface area contributed by atoms with Crippen molar-refractivity contribution in [3.63, 3.8) is 0 Å². The second-order valence-corrected chi connectivity index (χ2v) is 5.35. The first kappa shape index (κ1) is 9.95. The molecule has 0 amide bonds. The fourth-order valence-corrected chi connectivity index (χ4v) is 2.32. The van der Waals surface area contributed by atoms with Crippen molar-refractivity contribution in [2.45, 2.75) is 45.1 Å². The van der Waals surface area contributed by atoms with E-state index in [0.717, 1.165) is 7.02 Å². The first-order valence-corrected chi connectivity index (χ1v) is 8.07. The Morgan fingerprint density at radius 2 is 1.78 bits per heavy atom. The molecule has 0 aromatic rings. The van der Waals surface area contributed by atoms with Gasteiger partial charge in [-0.05, 0) is 0 Å². The molecule has 0 aromatic heterocycles. The molecule has 0 atom stereocenters. The first-order chi connectivity index (χ1) is 4.41. The molecular weight excluding hydrogens is 239 g/mol. The lowest BCUT2D eigenvalue weighted by molar-refractivity contribution is 0.656. The molecule has 0 saturated heterocycles. The van der Waals surface area contributed by atoms with Gasteiger partial charge in [-0.2, -0.15) is 0 Å². The fraction of sp³-hybridized carbons (Fsp3) is 1.00. The van der Waals surface area contributed by atoms with Gasteiger partial charge in [0.15, 0.2) is 0 Å². The zero-order chi connectivity index (χ0) is 6.95. The number of halogens is 1. The van der Waals surface area contributed by atoms with Gasteiger partial charge in [0, 0.05) is 0 Å². The zero-order valence-electron chi connectivity index (χ0n) is 6.12. The van der Waals surface area contributed by atoms with Crippen LogP contribution in [0.15, 0.2) is 0 Å². The van der Waals surface area contributed by atoms with E-state index in [1.165, 1.54) is 38.1 Å². The van der Waals surface area contributed by atoms with E-state index >= 15 is 0 Å². The summed E-state index contributed by atoms with van der Waals surface area (Å²) in [5.74, 6) is 0. The van der Waals surface area contributed by atoms with E-state index in [2.05, 4.69) is 28.7 Å². The van der Waals surface area contributed by atoms with Crippen molar-refractivity contribution in [1.29, 1.82) is 0 Å². The molecule has 0 aliphatic heterocycles. The summed E-state index contributed by atoms with van der Waals surface area (Å²) in [6.07, 6.45) is 7.18. The minimum Gasteiger partial charge on any atom is -0.124 e. The molecule has 0 N–H and O–H groups in total. The number of hydrogen-bond donors (Lipinski definition) is 0. The largest absolute Gasteiger partial charge is 0.130 e. The summed E-state index contributed by atoms with van der Waals surface area (Å²) < 4.78 is 0. The summed E-state index contributed by atoms with van der Waals surface area (Å²) in [4.78, 5) is 0. The van der Waals surface area contributed by atoms with Gasteiger partial charge in [-0.25, -0.2) is 0 Å². The molecular formula is C7H15ISi. The molecule has 0 spiro atoms. The highest BCUT2D eigenvalue weighted by atomic mass is 127. The van der Waals surface area contributed by atoms with Gasteiger partial charge in [-0.1, -0.05) is 45.1 Å². The average Bonchev–Trinajstić information content (AvgIpc) is 1.89. The van der Waals surface area contributed by atoms with Crippen LogP contribution in [0.3, 0.4) is 0 Å². The highest BCUT2D eigenvalue weighted by Crippen LogP contribution is 2.05. The molecule has 0 rings (SSSR count). The van der Waals surface area contributed by atoms with E-state index in [-0.39, 0.29) is 0 Å². The molecule has 0 saturated carbocycles. The van der Waals surface area contributed by atoms with Crippen LogP contribution in [0.5, 0.6) is 0 Å². The topological polar surface area (TPSA) is 0 Å². The Morgan fingerprint density at radius 3 is 2.33 bits per heavy atom. The van der Waals surface area contributed by atoms with Gasteiger partial charge in [0.25, 0.3) is 0 Å². The van der Waals surface area contributed by atoms with Crippen LogP contribution < -0.4 is 0 Å². The molecule has 2 radical (unpaired) electrons. The molecule has 54 valence electrons. The highest BCUT2D eigenvalue weighted by molar-refractivity contribution is 14.1. The van der Waals surface area contributed by atoms with Crippen molar-refractivity contribution in [1.82, 2.24) is 0 Å². The molecule has 0 aromatic carbocycles. The summed E-state index contributed by atoms with van der Waals surface area (Å²) in [5, 5.41) is 0. The van der Waals surface area contributed by atoms with Crippen molar-refractivity contribution in [3.8, 4) is 0 Å². The van der Waals surface area contributed by atoms with Crippen LogP contribution >= 0.6 is 21.8 Å². The molecule has 0 bridgehead atoms. The third-order valence-corrected chi connectivity index (χ3v) is 3.54. The predicted molar refractivity (Wildman–Crippen MR) is 53.3 cm³/mol. The van der Waals surface area contributed by atoms with E-state index in [0.29, 0.717) is 0 Å². The Balaban J connectivity index is 2.60. The molecule has 9 heavy (non-hydrogen) atoms. The van der Waals surface area contributed by atoms with Crippen LogP contribution in [0.1, 0.15) is 39.0 Å². The van der Waals surface area contributed by atoms with Crippen LogP contribution in [0.4, 0.5) is 0 Å². The van der Waals surface area contributed by atoms with Crippen molar-refractivity contribution in [3.05, 3.63) is 0 Å². The lowest BCUT2D eigenvalue weighted by Gasteiger charge is -1.95. The maximum absolute atomic E-state index is 2.48. The van der Waals surface area contributed by atoms with Gasteiger partial charge in [0.1, 0.15) is 7.02 Å². The Hall–Kier alpha value is 0.947. The predicted octanol–water partition coefficient (Wildman–Crippen LogP) is 3.43. The van der Waals surface area contributed by atoms with E-state index in [1.54, 1.807) is 0 Å². The second-order valence-electron chi connectivity index (χ2n) is 2.30. The van der Waals surface area contributed by atoms with E-state index in [4.69, 9.17) is 0 Å². The summed E-state index contributed by atoms with van der Waals surface area (Å²) in [5.41, 5.74) is 0. The second kappa shape index (κ2) is 8.95. The molecule has 2 heteroatoms. The lowest BCUT2D eigenvalue weighted by atomic mass is 10.2. The maximum atomic E-state index is 2.48. The first-order valence-electron chi connectivity index (χ1n) is 3.75. The van der Waals surface area contributed by atoms with E-state index in [9.17, 15) is 0 Å². The number of unbranched alkanes of at least 4 members (excludes halogenated alkanes) is 4. The fourth-order valence-electron chi connectivity index (χ4n) is 0.795. The SMILES string of the molecule is CCCCCCC[Si]I. The number of hydrogen-bond acceptors (Lipinski definition) is 0. The summed E-state index contributed by atoms with van der Waals surface area (Å²) in [6, 6.07) is 1.45. The Kier molecular flexibility index (Phi) is 9.89. The molecule has 0 nitrogen and oxygen atoms in total. The van der Waals surface area contributed by atoms with Gasteiger partial charge in [0.05, 0.1) is 0 Å². The normalized spacial score (nSPS) is 10.0. The highest BCUT2D eigenvalue weighted by Gasteiger charge is 1.87. The molecule has 0 aliphatic rings. The molecule has 0 fully saturated rings. The number of rotatable bonds is 6. The summed E-state index contributed by atoms with van der Waals surface area (Å²) in [7, 11) is 1.14. The van der Waals surface area contributed by atoms with E-state index in [1.807, 2.05) is 0 Å². The molecule has 0 unspecified atom stereocenters. The summed E-state index contributed by atoms with van der Waals surface area (Å²) >= 11 is 2.48. The van der Waals surface area contributed by atoms with Crippen molar-refractivity contribution in [2.75, 3.05) is 0 Å². The van der Waals surface area contributed by atoms with Gasteiger partial charge in [-0.3, -0.25) is 0 Å². The van der Waals surface area contributed by atoms with Crippen LogP contribution in [0, 0.1) is 0 Å².